The zero-order valence-electron chi connectivity index (χ0n) is 21.1. The first-order chi connectivity index (χ1) is 16.7. The third kappa shape index (κ3) is 4.51. The summed E-state index contributed by atoms with van der Waals surface area (Å²) in [7, 11) is 5.14. The number of nitrogens with one attached hydrogen (secondary N) is 1. The molecule has 35 heavy (non-hydrogen) atoms. The lowest BCUT2D eigenvalue weighted by Gasteiger charge is -2.37. The van der Waals surface area contributed by atoms with Crippen LogP contribution in [0.5, 0.6) is 5.88 Å². The first-order valence-corrected chi connectivity index (χ1v) is 12.0. The number of aliphatic hydroxyl groups excluding tert-OH is 1. The molecule has 3 aromatic heterocycles. The summed E-state index contributed by atoms with van der Waals surface area (Å²) in [5.41, 5.74) is 0.687. The summed E-state index contributed by atoms with van der Waals surface area (Å²) < 4.78 is 10.1. The van der Waals surface area contributed by atoms with Gasteiger partial charge in [-0.3, -0.25) is 24.1 Å². The highest BCUT2D eigenvalue weighted by molar-refractivity contribution is 5.69. The molecule has 0 aliphatic carbocycles. The first kappa shape index (κ1) is 25.1. The van der Waals surface area contributed by atoms with E-state index in [-0.39, 0.29) is 24.1 Å². The molecule has 0 bridgehead atoms. The van der Waals surface area contributed by atoms with Crippen LogP contribution in [0.1, 0.15) is 38.7 Å². The molecule has 0 aromatic carbocycles. The van der Waals surface area contributed by atoms with Gasteiger partial charge < -0.3 is 14.4 Å². The molecule has 0 radical (unpaired) electrons. The summed E-state index contributed by atoms with van der Waals surface area (Å²) in [5, 5.41) is 13.9. The molecule has 2 unspecified atom stereocenters. The van der Waals surface area contributed by atoms with Crippen molar-refractivity contribution in [1.82, 2.24) is 33.9 Å². The van der Waals surface area contributed by atoms with Crippen LogP contribution in [0.25, 0.3) is 11.2 Å². The zero-order valence-corrected chi connectivity index (χ0v) is 21.1. The second-order valence-electron chi connectivity index (χ2n) is 9.36. The van der Waals surface area contributed by atoms with Crippen LogP contribution < -0.4 is 21.3 Å². The van der Waals surface area contributed by atoms with Crippen molar-refractivity contribution >= 4 is 11.2 Å². The van der Waals surface area contributed by atoms with Crippen LogP contribution in [0.2, 0.25) is 0 Å². The second-order valence-corrected chi connectivity index (χ2v) is 9.36. The molecule has 11 heteroatoms. The minimum atomic E-state index is -0.813. The van der Waals surface area contributed by atoms with Crippen LogP contribution >= 0.6 is 0 Å². The third-order valence-electron chi connectivity index (χ3n) is 7.23. The number of hydrogen-bond donors (Lipinski definition) is 2. The molecule has 1 saturated heterocycles. The van der Waals surface area contributed by atoms with Gasteiger partial charge in [0, 0.05) is 32.4 Å². The highest BCUT2D eigenvalue weighted by atomic mass is 16.5. The van der Waals surface area contributed by atoms with E-state index < -0.39 is 23.6 Å². The Kier molecular flexibility index (Phi) is 7.11. The number of likely N-dealkylation sites (tertiary alicyclic amines) is 1. The van der Waals surface area contributed by atoms with Crippen molar-refractivity contribution in [3.8, 4) is 5.88 Å². The Balaban J connectivity index is 1.43. The molecule has 2 N–H and O–H groups in total. The van der Waals surface area contributed by atoms with Gasteiger partial charge in [0.15, 0.2) is 11.2 Å². The Bertz CT molecular complexity index is 1310. The number of fused-ring (bicyclic) bond motifs is 1. The molecule has 190 valence electrons. The molecule has 4 rings (SSSR count). The van der Waals surface area contributed by atoms with Crippen molar-refractivity contribution in [2.45, 2.75) is 57.5 Å². The lowest BCUT2D eigenvalue weighted by atomic mass is 9.85. The maximum atomic E-state index is 12.6. The Labute approximate surface area is 204 Å². The highest BCUT2D eigenvalue weighted by Crippen LogP contribution is 2.43. The van der Waals surface area contributed by atoms with Gasteiger partial charge in [-0.15, -0.1) is 0 Å². The van der Waals surface area contributed by atoms with Crippen molar-refractivity contribution in [3.05, 3.63) is 51.1 Å². The van der Waals surface area contributed by atoms with Crippen LogP contribution in [0, 0.1) is 0 Å². The Morgan fingerprint density at radius 3 is 2.69 bits per heavy atom. The maximum absolute atomic E-state index is 12.6. The van der Waals surface area contributed by atoms with Crippen molar-refractivity contribution < 1.29 is 9.84 Å². The largest absolute Gasteiger partial charge is 0.459 e. The number of pyridine rings is 1. The number of aryl methyl sites for hydroxylation is 1. The average molecular weight is 486 g/mol. The molecule has 4 heterocycles. The fourth-order valence-corrected chi connectivity index (χ4v) is 5.17. The van der Waals surface area contributed by atoms with Gasteiger partial charge in [-0.2, -0.15) is 0 Å². The van der Waals surface area contributed by atoms with Gasteiger partial charge in [-0.1, -0.05) is 13.0 Å². The fourth-order valence-electron chi connectivity index (χ4n) is 5.17. The molecular weight excluding hydrogens is 450 g/mol. The minimum Gasteiger partial charge on any atom is -0.459 e. The van der Waals surface area contributed by atoms with E-state index in [4.69, 9.17) is 4.74 Å². The van der Waals surface area contributed by atoms with Crippen molar-refractivity contribution in [2.75, 3.05) is 20.1 Å². The minimum absolute atomic E-state index is 0.0857. The lowest BCUT2D eigenvalue weighted by molar-refractivity contribution is 0.107. The van der Waals surface area contributed by atoms with Crippen LogP contribution in [-0.4, -0.2) is 66.1 Å². The quantitative estimate of drug-likeness (QED) is 0.422. The number of aliphatic hydroxyl groups is 1. The van der Waals surface area contributed by atoms with Crippen LogP contribution in [0.4, 0.5) is 0 Å². The van der Waals surface area contributed by atoms with Crippen molar-refractivity contribution in [1.29, 1.82) is 0 Å². The van der Waals surface area contributed by atoms with E-state index in [9.17, 15) is 14.7 Å². The zero-order chi connectivity index (χ0) is 25.3. The van der Waals surface area contributed by atoms with Crippen LogP contribution in [0.15, 0.2) is 34.2 Å². The van der Waals surface area contributed by atoms with Gasteiger partial charge in [0.25, 0.3) is 5.56 Å². The standard InChI is InChI=1S/C24H35N7O4/c1-6-24(10-8-12-28(24)3)18-9-7-11-25-21(18)35-16(2)26-13-17(32)14-31-15-27-20-19(31)22(33)30(5)23(34)29(20)4/h7,9,11,15-17,26,32H,6,8,10,12-14H2,1-5H3/t16?,17?,24-/m0/s1. The van der Waals surface area contributed by atoms with E-state index in [2.05, 4.69) is 40.2 Å². The molecule has 1 aliphatic heterocycles. The fraction of sp³-hybridized carbons (Fsp3) is 0.583. The molecule has 3 aromatic rings. The lowest BCUT2D eigenvalue weighted by Crippen LogP contribution is -2.41. The average Bonchev–Trinajstić information content (AvgIpc) is 3.44. The normalized spacial score (nSPS) is 20.4. The molecule has 0 amide bonds. The maximum Gasteiger partial charge on any atom is 0.332 e. The Morgan fingerprint density at radius 2 is 2.00 bits per heavy atom. The van der Waals surface area contributed by atoms with Gasteiger partial charge in [0.05, 0.1) is 24.5 Å². The van der Waals surface area contributed by atoms with Crippen molar-refractivity contribution in [3.63, 3.8) is 0 Å². The molecular formula is C24H35N7O4. The van der Waals surface area contributed by atoms with E-state index >= 15 is 0 Å². The smallest absolute Gasteiger partial charge is 0.332 e. The summed E-state index contributed by atoms with van der Waals surface area (Å²) >= 11 is 0. The summed E-state index contributed by atoms with van der Waals surface area (Å²) in [6.07, 6.45) is 5.16. The Morgan fingerprint density at radius 1 is 1.23 bits per heavy atom. The van der Waals surface area contributed by atoms with Gasteiger partial charge in [-0.05, 0) is 45.8 Å². The monoisotopic (exact) mass is 485 g/mol. The number of hydrogen-bond acceptors (Lipinski definition) is 8. The summed E-state index contributed by atoms with van der Waals surface area (Å²) in [6.45, 7) is 5.49. The van der Waals surface area contributed by atoms with E-state index in [1.807, 2.05) is 13.0 Å². The summed E-state index contributed by atoms with van der Waals surface area (Å²) in [6, 6.07) is 4.04. The summed E-state index contributed by atoms with van der Waals surface area (Å²) in [4.78, 5) is 35.8. The number of ether oxygens (including phenoxy) is 1. The number of nitrogens with zero attached hydrogens (tertiary/aromatic N) is 6. The van der Waals surface area contributed by atoms with Gasteiger partial charge in [-0.25, -0.2) is 14.8 Å². The number of rotatable bonds is 9. The SMILES string of the molecule is CC[C@@]1(c2cccnc2OC(C)NCC(O)Cn2cnc3c2c(=O)n(C)c(=O)n3C)CCCN1C. The number of imidazole rings is 1. The van der Waals surface area contributed by atoms with E-state index in [1.165, 1.54) is 17.9 Å². The van der Waals surface area contributed by atoms with Gasteiger partial charge in [0.1, 0.15) is 6.23 Å². The molecule has 11 nitrogen and oxygen atoms in total. The molecule has 0 spiro atoms. The van der Waals surface area contributed by atoms with Gasteiger partial charge in [0.2, 0.25) is 5.88 Å². The third-order valence-corrected chi connectivity index (χ3v) is 7.23. The molecule has 0 saturated carbocycles. The highest BCUT2D eigenvalue weighted by Gasteiger charge is 2.41. The van der Waals surface area contributed by atoms with E-state index in [0.29, 0.717) is 11.5 Å². The van der Waals surface area contributed by atoms with Crippen LogP contribution in [0.3, 0.4) is 0 Å². The predicted octanol–water partition coefficient (Wildman–Crippen LogP) is 0.535. The molecule has 1 fully saturated rings. The second kappa shape index (κ2) is 9.92. The molecule has 1 aliphatic rings. The van der Waals surface area contributed by atoms with E-state index in [1.54, 1.807) is 17.8 Å². The van der Waals surface area contributed by atoms with Crippen molar-refractivity contribution in [2.24, 2.45) is 14.1 Å². The molecule has 3 atom stereocenters. The van der Waals surface area contributed by atoms with Crippen LogP contribution in [-0.2, 0) is 26.2 Å². The summed E-state index contributed by atoms with van der Waals surface area (Å²) in [5.74, 6) is 0.600. The van der Waals surface area contributed by atoms with Gasteiger partial charge >= 0.3 is 5.69 Å². The topological polar surface area (TPSA) is 119 Å². The number of aromatic nitrogens is 5. The predicted molar refractivity (Wildman–Crippen MR) is 132 cm³/mol. The van der Waals surface area contributed by atoms with E-state index in [0.717, 1.165) is 35.9 Å². The Hall–Kier alpha value is -3.02. The first-order valence-electron chi connectivity index (χ1n) is 12.0.